The molecule has 0 spiro atoms. The van der Waals surface area contributed by atoms with E-state index < -0.39 is 0 Å². The molecule has 2 rings (SSSR count). The number of nitrogens with one attached hydrogen (secondary N) is 1. The van der Waals surface area contributed by atoms with E-state index in [2.05, 4.69) is 14.9 Å². The van der Waals surface area contributed by atoms with Gasteiger partial charge in [0.2, 0.25) is 5.95 Å². The van der Waals surface area contributed by atoms with Crippen LogP contribution in [0.2, 0.25) is 0 Å². The van der Waals surface area contributed by atoms with E-state index in [4.69, 9.17) is 11.1 Å². The second kappa shape index (κ2) is 3.84. The van der Waals surface area contributed by atoms with Crippen LogP contribution < -0.4 is 10.6 Å². The summed E-state index contributed by atoms with van der Waals surface area (Å²) in [6, 6.07) is 1.74. The third kappa shape index (κ3) is 2.06. The van der Waals surface area contributed by atoms with Gasteiger partial charge in [-0.3, -0.25) is 5.41 Å². The molecule has 1 aromatic heterocycles. The van der Waals surface area contributed by atoms with Gasteiger partial charge >= 0.3 is 0 Å². The molecule has 1 aliphatic heterocycles. The molecule has 3 N–H and O–H groups in total. The monoisotopic (exact) mass is 205 g/mol. The average molecular weight is 205 g/mol. The van der Waals surface area contributed by atoms with Crippen LogP contribution >= 0.6 is 0 Å². The summed E-state index contributed by atoms with van der Waals surface area (Å²) < 4.78 is 0. The first-order chi connectivity index (χ1) is 7.16. The molecule has 0 aromatic carbocycles. The number of nitrogens with two attached hydrogens (primary N) is 1. The van der Waals surface area contributed by atoms with Crippen molar-refractivity contribution < 1.29 is 0 Å². The van der Waals surface area contributed by atoms with Crippen LogP contribution in [0.4, 0.5) is 5.95 Å². The number of amidine groups is 1. The van der Waals surface area contributed by atoms with Crippen molar-refractivity contribution in [3.63, 3.8) is 0 Å². The Morgan fingerprint density at radius 1 is 1.40 bits per heavy atom. The third-order valence-corrected chi connectivity index (χ3v) is 2.51. The highest BCUT2D eigenvalue weighted by Gasteiger charge is 2.16. The van der Waals surface area contributed by atoms with Crippen LogP contribution in [0.3, 0.4) is 0 Å². The summed E-state index contributed by atoms with van der Waals surface area (Å²) >= 11 is 0. The molecular formula is C10H15N5. The van der Waals surface area contributed by atoms with E-state index >= 15 is 0 Å². The van der Waals surface area contributed by atoms with Crippen molar-refractivity contribution in [3.8, 4) is 0 Å². The number of rotatable bonds is 2. The van der Waals surface area contributed by atoms with Gasteiger partial charge in [-0.2, -0.15) is 0 Å². The Kier molecular flexibility index (Phi) is 2.53. The lowest BCUT2D eigenvalue weighted by atomic mass is 10.3. The first-order valence-electron chi connectivity index (χ1n) is 5.12. The fraction of sp³-hybridized carbons (Fsp3) is 0.500. The fourth-order valence-electron chi connectivity index (χ4n) is 1.75. The van der Waals surface area contributed by atoms with Gasteiger partial charge in [0, 0.05) is 18.8 Å². The highest BCUT2D eigenvalue weighted by molar-refractivity contribution is 5.93. The molecule has 0 radical (unpaired) electrons. The summed E-state index contributed by atoms with van der Waals surface area (Å²) in [7, 11) is 0. The molecule has 0 amide bonds. The Morgan fingerprint density at radius 2 is 2.07 bits per heavy atom. The molecule has 5 nitrogen and oxygen atoms in total. The van der Waals surface area contributed by atoms with E-state index in [-0.39, 0.29) is 5.84 Å². The van der Waals surface area contributed by atoms with Gasteiger partial charge in [0.15, 0.2) is 0 Å². The highest BCUT2D eigenvalue weighted by Crippen LogP contribution is 2.16. The van der Waals surface area contributed by atoms with Gasteiger partial charge < -0.3 is 10.6 Å². The van der Waals surface area contributed by atoms with Gasteiger partial charge in [0.25, 0.3) is 0 Å². The van der Waals surface area contributed by atoms with Crippen LogP contribution in [0.1, 0.15) is 24.2 Å². The quantitative estimate of drug-likeness (QED) is 0.549. The summed E-state index contributed by atoms with van der Waals surface area (Å²) in [5.74, 6) is 0.707. The minimum atomic E-state index is 0.000877. The van der Waals surface area contributed by atoms with Gasteiger partial charge in [0.1, 0.15) is 11.5 Å². The Balaban J connectivity index is 2.34. The zero-order chi connectivity index (χ0) is 10.8. The van der Waals surface area contributed by atoms with Gasteiger partial charge in [-0.25, -0.2) is 9.97 Å². The third-order valence-electron chi connectivity index (χ3n) is 2.51. The second-order valence-electron chi connectivity index (χ2n) is 3.80. The first-order valence-corrected chi connectivity index (χ1v) is 5.12. The van der Waals surface area contributed by atoms with Gasteiger partial charge in [-0.05, 0) is 25.8 Å². The minimum Gasteiger partial charge on any atom is -0.382 e. The summed E-state index contributed by atoms with van der Waals surface area (Å²) in [5, 5.41) is 7.37. The molecule has 0 unspecified atom stereocenters. The SMILES string of the molecule is Cc1cc(C(=N)N)nc(N2CCCC2)n1. The topological polar surface area (TPSA) is 78.9 Å². The predicted octanol–water partition coefficient (Wildman–Crippen LogP) is 0.669. The molecule has 1 saturated heterocycles. The molecule has 1 aliphatic rings. The molecule has 80 valence electrons. The lowest BCUT2D eigenvalue weighted by Crippen LogP contribution is -2.23. The Morgan fingerprint density at radius 3 is 2.67 bits per heavy atom. The molecular weight excluding hydrogens is 190 g/mol. The van der Waals surface area contributed by atoms with Crippen LogP contribution in [0, 0.1) is 12.3 Å². The summed E-state index contributed by atoms with van der Waals surface area (Å²) in [6.07, 6.45) is 2.37. The van der Waals surface area contributed by atoms with E-state index in [1.165, 1.54) is 12.8 Å². The molecule has 0 atom stereocenters. The molecule has 15 heavy (non-hydrogen) atoms. The number of aryl methyl sites for hydroxylation is 1. The Labute approximate surface area is 88.8 Å². The number of anilines is 1. The number of hydrogen-bond acceptors (Lipinski definition) is 4. The van der Waals surface area contributed by atoms with Gasteiger partial charge in [-0.1, -0.05) is 0 Å². The predicted molar refractivity (Wildman–Crippen MR) is 59.2 cm³/mol. The van der Waals surface area contributed by atoms with Crippen LogP contribution in [-0.2, 0) is 0 Å². The van der Waals surface area contributed by atoms with E-state index in [1.54, 1.807) is 6.07 Å². The van der Waals surface area contributed by atoms with Crippen LogP contribution in [0.5, 0.6) is 0 Å². The lowest BCUT2D eigenvalue weighted by Gasteiger charge is -2.16. The molecule has 1 aromatic rings. The van der Waals surface area contributed by atoms with Crippen molar-refractivity contribution >= 4 is 11.8 Å². The fourth-order valence-corrected chi connectivity index (χ4v) is 1.75. The van der Waals surface area contributed by atoms with E-state index in [1.807, 2.05) is 6.92 Å². The number of nitrogen functional groups attached to an aromatic ring is 1. The van der Waals surface area contributed by atoms with Crippen molar-refractivity contribution in [2.45, 2.75) is 19.8 Å². The first kappa shape index (κ1) is 9.89. The largest absolute Gasteiger partial charge is 0.382 e. The molecule has 1 fully saturated rings. The molecule has 2 heterocycles. The van der Waals surface area contributed by atoms with Crippen molar-refractivity contribution in [3.05, 3.63) is 17.5 Å². The van der Waals surface area contributed by atoms with Crippen LogP contribution in [0.15, 0.2) is 6.07 Å². The molecule has 5 heteroatoms. The molecule has 0 bridgehead atoms. The van der Waals surface area contributed by atoms with E-state index in [0.717, 1.165) is 18.8 Å². The van der Waals surface area contributed by atoms with E-state index in [9.17, 15) is 0 Å². The minimum absolute atomic E-state index is 0.000877. The van der Waals surface area contributed by atoms with Gasteiger partial charge in [0.05, 0.1) is 0 Å². The number of hydrogen-bond donors (Lipinski definition) is 2. The van der Waals surface area contributed by atoms with Crippen molar-refractivity contribution in [1.82, 2.24) is 9.97 Å². The Bertz CT molecular complexity index is 381. The maximum atomic E-state index is 7.37. The van der Waals surface area contributed by atoms with Crippen molar-refractivity contribution in [2.75, 3.05) is 18.0 Å². The van der Waals surface area contributed by atoms with Gasteiger partial charge in [-0.15, -0.1) is 0 Å². The molecule has 0 saturated carbocycles. The summed E-state index contributed by atoms with van der Waals surface area (Å²) in [5.41, 5.74) is 6.80. The number of nitrogens with zero attached hydrogens (tertiary/aromatic N) is 3. The van der Waals surface area contributed by atoms with Crippen molar-refractivity contribution in [1.29, 1.82) is 5.41 Å². The zero-order valence-corrected chi connectivity index (χ0v) is 8.82. The lowest BCUT2D eigenvalue weighted by molar-refractivity contribution is 0.885. The number of aromatic nitrogens is 2. The Hall–Kier alpha value is -1.65. The summed E-state index contributed by atoms with van der Waals surface area (Å²) in [4.78, 5) is 10.8. The maximum Gasteiger partial charge on any atom is 0.226 e. The van der Waals surface area contributed by atoms with Crippen molar-refractivity contribution in [2.24, 2.45) is 5.73 Å². The smallest absolute Gasteiger partial charge is 0.226 e. The van der Waals surface area contributed by atoms with E-state index in [0.29, 0.717) is 11.6 Å². The van der Waals surface area contributed by atoms with Crippen LogP contribution in [-0.4, -0.2) is 28.9 Å². The highest BCUT2D eigenvalue weighted by atomic mass is 15.3. The van der Waals surface area contributed by atoms with Crippen LogP contribution in [0.25, 0.3) is 0 Å². The normalized spacial score (nSPS) is 15.7. The second-order valence-corrected chi connectivity index (χ2v) is 3.80. The maximum absolute atomic E-state index is 7.37. The summed E-state index contributed by atoms with van der Waals surface area (Å²) in [6.45, 7) is 3.90. The average Bonchev–Trinajstić information content (AvgIpc) is 2.69. The molecule has 0 aliphatic carbocycles. The standard InChI is InChI=1S/C10H15N5/c1-7-6-8(9(11)12)14-10(13-7)15-4-2-3-5-15/h6H,2-5H2,1H3,(H3,11,12). The zero-order valence-electron chi connectivity index (χ0n) is 8.82.